The van der Waals surface area contributed by atoms with Gasteiger partial charge in [-0.25, -0.2) is 4.79 Å². The van der Waals surface area contributed by atoms with Gasteiger partial charge in [0.05, 0.1) is 0 Å². The van der Waals surface area contributed by atoms with Crippen LogP contribution in [0.25, 0.3) is 0 Å². The molecule has 0 saturated heterocycles. The molecule has 0 N–H and O–H groups in total. The average molecular weight is 346 g/mol. The zero-order valence-corrected chi connectivity index (χ0v) is 14.1. The Morgan fingerprint density at radius 3 is 2.50 bits per heavy atom. The van der Waals surface area contributed by atoms with E-state index in [-0.39, 0.29) is 13.0 Å². The Labute approximate surface area is 147 Å². The van der Waals surface area contributed by atoms with Gasteiger partial charge in [0.2, 0.25) is 0 Å². The van der Waals surface area contributed by atoms with Crippen LogP contribution in [0.2, 0.25) is 5.02 Å². The van der Waals surface area contributed by atoms with E-state index in [1.165, 1.54) is 0 Å². The van der Waals surface area contributed by atoms with Crippen molar-refractivity contribution in [2.45, 2.75) is 19.4 Å². The summed E-state index contributed by atoms with van der Waals surface area (Å²) in [6.07, 6.45) is 1.33. The highest BCUT2D eigenvalue weighted by molar-refractivity contribution is 6.30. The van der Waals surface area contributed by atoms with E-state index in [2.05, 4.69) is 0 Å². The van der Waals surface area contributed by atoms with Crippen molar-refractivity contribution < 1.29 is 14.3 Å². The molecule has 5 heteroatoms. The lowest BCUT2D eigenvalue weighted by Crippen LogP contribution is -2.34. The summed E-state index contributed by atoms with van der Waals surface area (Å²) in [6, 6.07) is 17.0. The smallest absolute Gasteiger partial charge is 0.410 e. The second kappa shape index (κ2) is 9.73. The van der Waals surface area contributed by atoms with Crippen molar-refractivity contribution in [2.75, 3.05) is 13.1 Å². The molecular weight excluding hydrogens is 326 g/mol. The molecule has 0 fully saturated rings. The molecule has 24 heavy (non-hydrogen) atoms. The molecule has 0 unspecified atom stereocenters. The fraction of sp³-hybridized carbons (Fsp3) is 0.263. The fourth-order valence-corrected chi connectivity index (χ4v) is 2.48. The van der Waals surface area contributed by atoms with Gasteiger partial charge in [0.15, 0.2) is 0 Å². The summed E-state index contributed by atoms with van der Waals surface area (Å²) in [6.45, 7) is 1.04. The number of halogens is 1. The highest BCUT2D eigenvalue weighted by Crippen LogP contribution is 2.12. The Bertz CT molecular complexity index is 661. The third-order valence-corrected chi connectivity index (χ3v) is 3.77. The summed E-state index contributed by atoms with van der Waals surface area (Å²) in [4.78, 5) is 24.5. The van der Waals surface area contributed by atoms with E-state index >= 15 is 0 Å². The van der Waals surface area contributed by atoms with Crippen molar-refractivity contribution >= 4 is 24.0 Å². The predicted octanol–water partition coefficient (Wildman–Crippen LogP) is 4.11. The summed E-state index contributed by atoms with van der Waals surface area (Å²) in [5.74, 6) is 0. The van der Waals surface area contributed by atoms with Crippen LogP contribution in [0.15, 0.2) is 54.6 Å². The van der Waals surface area contributed by atoms with Gasteiger partial charge >= 0.3 is 6.09 Å². The van der Waals surface area contributed by atoms with Crippen LogP contribution in [0.4, 0.5) is 4.79 Å². The molecule has 0 aliphatic carbocycles. The molecule has 0 heterocycles. The molecule has 0 spiro atoms. The van der Waals surface area contributed by atoms with Gasteiger partial charge in [-0.3, -0.25) is 0 Å². The number of amides is 1. The van der Waals surface area contributed by atoms with E-state index in [0.717, 1.165) is 17.4 Å². The van der Waals surface area contributed by atoms with Gasteiger partial charge in [0.25, 0.3) is 0 Å². The number of hydrogen-bond donors (Lipinski definition) is 0. The van der Waals surface area contributed by atoms with Crippen LogP contribution in [0.5, 0.6) is 0 Å². The SMILES string of the molecule is O=CCCN(CCc1cccc(Cl)c1)C(=O)OCc1ccccc1. The zero-order chi connectivity index (χ0) is 17.2. The van der Waals surface area contributed by atoms with E-state index in [0.29, 0.717) is 24.5 Å². The first-order chi connectivity index (χ1) is 11.7. The fourth-order valence-electron chi connectivity index (χ4n) is 2.27. The molecule has 2 aromatic carbocycles. The van der Waals surface area contributed by atoms with Crippen LogP contribution < -0.4 is 0 Å². The predicted molar refractivity (Wildman–Crippen MR) is 94.0 cm³/mol. The number of ether oxygens (including phenoxy) is 1. The molecular formula is C19H20ClNO3. The van der Waals surface area contributed by atoms with Crippen LogP contribution in [0.1, 0.15) is 17.5 Å². The number of aldehydes is 1. The van der Waals surface area contributed by atoms with E-state index in [4.69, 9.17) is 16.3 Å². The molecule has 0 aliphatic heterocycles. The summed E-state index contributed by atoms with van der Waals surface area (Å²) >= 11 is 5.97. The van der Waals surface area contributed by atoms with Crippen molar-refractivity contribution in [2.24, 2.45) is 0 Å². The molecule has 0 aliphatic rings. The van der Waals surface area contributed by atoms with Crippen molar-refractivity contribution in [1.82, 2.24) is 4.90 Å². The van der Waals surface area contributed by atoms with Crippen LogP contribution in [-0.4, -0.2) is 30.4 Å². The minimum atomic E-state index is -0.414. The van der Waals surface area contributed by atoms with E-state index in [9.17, 15) is 9.59 Å². The molecule has 0 saturated carbocycles. The molecule has 0 radical (unpaired) electrons. The molecule has 0 aromatic heterocycles. The third kappa shape index (κ3) is 6.05. The van der Waals surface area contributed by atoms with Crippen molar-refractivity contribution in [3.63, 3.8) is 0 Å². The number of carbonyl (C=O) groups excluding carboxylic acids is 2. The zero-order valence-electron chi connectivity index (χ0n) is 13.4. The van der Waals surface area contributed by atoms with Gasteiger partial charge in [-0.2, -0.15) is 0 Å². The van der Waals surface area contributed by atoms with E-state index in [1.54, 1.807) is 4.90 Å². The Hall–Kier alpha value is -2.33. The second-order valence-electron chi connectivity index (χ2n) is 5.36. The largest absolute Gasteiger partial charge is 0.445 e. The normalized spacial score (nSPS) is 10.2. The summed E-state index contributed by atoms with van der Waals surface area (Å²) < 4.78 is 5.34. The first-order valence-electron chi connectivity index (χ1n) is 7.83. The quantitative estimate of drug-likeness (QED) is 0.676. The van der Waals surface area contributed by atoms with Crippen LogP contribution >= 0.6 is 11.6 Å². The van der Waals surface area contributed by atoms with Gasteiger partial charge in [0, 0.05) is 24.5 Å². The van der Waals surface area contributed by atoms with Crippen LogP contribution in [0.3, 0.4) is 0 Å². The first kappa shape index (κ1) is 18.0. The number of benzene rings is 2. The summed E-state index contributed by atoms with van der Waals surface area (Å²) in [5, 5.41) is 0.665. The lowest BCUT2D eigenvalue weighted by atomic mass is 10.1. The standard InChI is InChI=1S/C19H20ClNO3/c20-18-9-4-8-16(14-18)10-12-21(11-5-13-22)19(23)24-15-17-6-2-1-3-7-17/h1-4,6-9,13-14H,5,10-12,15H2. The Morgan fingerprint density at radius 2 is 1.79 bits per heavy atom. The van der Waals surface area contributed by atoms with Gasteiger partial charge in [-0.1, -0.05) is 54.1 Å². The Balaban J connectivity index is 1.90. The van der Waals surface area contributed by atoms with Crippen molar-refractivity contribution in [3.8, 4) is 0 Å². The van der Waals surface area contributed by atoms with Crippen molar-refractivity contribution in [1.29, 1.82) is 0 Å². The maximum Gasteiger partial charge on any atom is 0.410 e. The Kier molecular flexibility index (Phi) is 7.30. The van der Waals surface area contributed by atoms with Crippen molar-refractivity contribution in [3.05, 3.63) is 70.7 Å². The molecule has 4 nitrogen and oxygen atoms in total. The highest BCUT2D eigenvalue weighted by atomic mass is 35.5. The molecule has 1 amide bonds. The van der Waals surface area contributed by atoms with Gasteiger partial charge in [-0.05, 0) is 29.7 Å². The minimum absolute atomic E-state index is 0.217. The molecule has 2 aromatic rings. The monoisotopic (exact) mass is 345 g/mol. The number of hydrogen-bond acceptors (Lipinski definition) is 3. The molecule has 126 valence electrons. The lowest BCUT2D eigenvalue weighted by molar-refractivity contribution is -0.108. The van der Waals surface area contributed by atoms with Crippen LogP contribution in [-0.2, 0) is 22.6 Å². The first-order valence-corrected chi connectivity index (χ1v) is 8.20. The number of nitrogens with zero attached hydrogens (tertiary/aromatic N) is 1. The lowest BCUT2D eigenvalue weighted by Gasteiger charge is -2.21. The van der Waals surface area contributed by atoms with E-state index < -0.39 is 6.09 Å². The molecule has 0 bridgehead atoms. The second-order valence-corrected chi connectivity index (χ2v) is 5.80. The molecule has 0 atom stereocenters. The maximum absolute atomic E-state index is 12.3. The highest BCUT2D eigenvalue weighted by Gasteiger charge is 2.14. The topological polar surface area (TPSA) is 46.6 Å². The van der Waals surface area contributed by atoms with Crippen LogP contribution in [0, 0.1) is 0 Å². The average Bonchev–Trinajstić information content (AvgIpc) is 2.61. The number of carbonyl (C=O) groups is 2. The van der Waals surface area contributed by atoms with Gasteiger partial charge in [0.1, 0.15) is 12.9 Å². The molecule has 2 rings (SSSR count). The van der Waals surface area contributed by atoms with E-state index in [1.807, 2.05) is 54.6 Å². The maximum atomic E-state index is 12.3. The third-order valence-electron chi connectivity index (χ3n) is 3.54. The minimum Gasteiger partial charge on any atom is -0.445 e. The van der Waals surface area contributed by atoms with Gasteiger partial charge < -0.3 is 14.4 Å². The summed E-state index contributed by atoms with van der Waals surface area (Å²) in [7, 11) is 0. The van der Waals surface area contributed by atoms with Gasteiger partial charge in [-0.15, -0.1) is 0 Å². The Morgan fingerprint density at radius 1 is 1.04 bits per heavy atom. The summed E-state index contributed by atoms with van der Waals surface area (Å²) in [5.41, 5.74) is 1.96. The number of rotatable bonds is 8.